The highest BCUT2D eigenvalue weighted by molar-refractivity contribution is 6.42. The molecule has 9 heteroatoms. The normalized spacial score (nSPS) is 11.2. The van der Waals surface area contributed by atoms with Gasteiger partial charge >= 0.3 is 0 Å². The van der Waals surface area contributed by atoms with E-state index in [2.05, 4.69) is 10.3 Å². The molecule has 0 atom stereocenters. The van der Waals surface area contributed by atoms with Gasteiger partial charge in [0, 0.05) is 16.1 Å². The first kappa shape index (κ1) is 21.9. The second-order valence-electron chi connectivity index (χ2n) is 7.07. The summed E-state index contributed by atoms with van der Waals surface area (Å²) in [6.45, 7) is 0. The van der Waals surface area contributed by atoms with Crippen LogP contribution < -0.4 is 5.32 Å². The van der Waals surface area contributed by atoms with Gasteiger partial charge in [-0.1, -0.05) is 46.4 Å². The Balaban J connectivity index is 1.40. The number of rotatable bonds is 4. The summed E-state index contributed by atoms with van der Waals surface area (Å²) < 4.78 is 11.5. The van der Waals surface area contributed by atoms with Gasteiger partial charge in [0.25, 0.3) is 5.91 Å². The predicted molar refractivity (Wildman–Crippen MR) is 132 cm³/mol. The SMILES string of the molecule is O=C(Nc1cc(-c2nc3cc(Cl)ccc3o2)ccc1Cl)c1ccc(-c2ccc(Cl)c(Cl)c2)o1. The zero-order chi connectivity index (χ0) is 23.1. The standard InChI is InChI=1S/C24H12Cl4N2O3/c25-14-3-6-21-19(11-14)30-24(33-21)13-2-5-16(27)18(10-13)29-23(31)22-8-7-20(32-22)12-1-4-15(26)17(28)9-12/h1-11H,(H,29,31). The van der Waals surface area contributed by atoms with Gasteiger partial charge in [-0.25, -0.2) is 4.98 Å². The maximum absolute atomic E-state index is 12.8. The summed E-state index contributed by atoms with van der Waals surface area (Å²) in [4.78, 5) is 17.3. The molecule has 0 saturated carbocycles. The first-order valence-corrected chi connectivity index (χ1v) is 11.1. The van der Waals surface area contributed by atoms with Crippen molar-refractivity contribution in [2.24, 2.45) is 0 Å². The molecule has 0 fully saturated rings. The lowest BCUT2D eigenvalue weighted by atomic mass is 10.2. The lowest BCUT2D eigenvalue weighted by molar-refractivity contribution is 0.0997. The van der Waals surface area contributed by atoms with Crippen molar-refractivity contribution in [1.29, 1.82) is 0 Å². The molecule has 1 N–H and O–H groups in total. The number of benzene rings is 3. The Morgan fingerprint density at radius 3 is 2.36 bits per heavy atom. The third kappa shape index (κ3) is 4.45. The molecule has 1 amide bonds. The Morgan fingerprint density at radius 1 is 0.758 bits per heavy atom. The molecule has 0 bridgehead atoms. The van der Waals surface area contributed by atoms with Crippen molar-refractivity contribution < 1.29 is 13.6 Å². The Hall–Kier alpha value is -2.96. The second kappa shape index (κ2) is 8.76. The Labute approximate surface area is 207 Å². The number of amides is 1. The Kier molecular flexibility index (Phi) is 5.81. The first-order chi connectivity index (χ1) is 15.9. The lowest BCUT2D eigenvalue weighted by Crippen LogP contribution is -2.11. The van der Waals surface area contributed by atoms with Crippen LogP contribution in [0, 0.1) is 0 Å². The van der Waals surface area contributed by atoms with E-state index in [-0.39, 0.29) is 5.76 Å². The summed E-state index contributed by atoms with van der Waals surface area (Å²) in [5.41, 5.74) is 2.94. The molecule has 3 aromatic carbocycles. The molecule has 33 heavy (non-hydrogen) atoms. The highest BCUT2D eigenvalue weighted by atomic mass is 35.5. The lowest BCUT2D eigenvalue weighted by Gasteiger charge is -2.07. The molecular formula is C24H12Cl4N2O3. The minimum Gasteiger partial charge on any atom is -0.451 e. The van der Waals surface area contributed by atoms with E-state index in [1.807, 2.05) is 0 Å². The van der Waals surface area contributed by atoms with Crippen molar-refractivity contribution in [3.05, 3.63) is 92.6 Å². The Morgan fingerprint density at radius 2 is 1.55 bits per heavy atom. The van der Waals surface area contributed by atoms with Crippen LogP contribution in [0.4, 0.5) is 5.69 Å². The van der Waals surface area contributed by atoms with E-state index in [1.165, 1.54) is 0 Å². The van der Waals surface area contributed by atoms with Crippen LogP contribution in [0.15, 0.2) is 75.6 Å². The van der Waals surface area contributed by atoms with E-state index >= 15 is 0 Å². The van der Waals surface area contributed by atoms with Crippen LogP contribution in [-0.4, -0.2) is 10.9 Å². The van der Waals surface area contributed by atoms with Gasteiger partial charge in [0.15, 0.2) is 11.3 Å². The van der Waals surface area contributed by atoms with Crippen molar-refractivity contribution in [3.63, 3.8) is 0 Å². The number of carbonyl (C=O) groups excluding carboxylic acids is 1. The molecule has 0 unspecified atom stereocenters. The molecule has 0 spiro atoms. The van der Waals surface area contributed by atoms with Crippen LogP contribution in [-0.2, 0) is 0 Å². The van der Waals surface area contributed by atoms with Gasteiger partial charge in [0.1, 0.15) is 11.3 Å². The van der Waals surface area contributed by atoms with Gasteiger partial charge in [-0.15, -0.1) is 0 Å². The number of fused-ring (bicyclic) bond motifs is 1. The van der Waals surface area contributed by atoms with Gasteiger partial charge in [0.2, 0.25) is 5.89 Å². The molecule has 0 aliphatic rings. The van der Waals surface area contributed by atoms with E-state index in [0.717, 1.165) is 0 Å². The summed E-state index contributed by atoms with van der Waals surface area (Å²) >= 11 is 24.4. The molecule has 0 radical (unpaired) electrons. The number of carbonyl (C=O) groups is 1. The third-order valence-electron chi connectivity index (χ3n) is 4.85. The fourth-order valence-electron chi connectivity index (χ4n) is 3.23. The molecule has 164 valence electrons. The summed E-state index contributed by atoms with van der Waals surface area (Å²) in [6, 6.07) is 18.6. The topological polar surface area (TPSA) is 68.3 Å². The second-order valence-corrected chi connectivity index (χ2v) is 8.73. The van der Waals surface area contributed by atoms with E-state index < -0.39 is 5.91 Å². The highest BCUT2D eigenvalue weighted by Gasteiger charge is 2.16. The number of halogens is 4. The molecule has 0 saturated heterocycles. The Bertz CT molecular complexity index is 1520. The minimum atomic E-state index is -0.468. The number of oxazole rings is 1. The van der Waals surface area contributed by atoms with Crippen molar-refractivity contribution >= 4 is 69.1 Å². The van der Waals surface area contributed by atoms with E-state index in [0.29, 0.717) is 59.7 Å². The van der Waals surface area contributed by atoms with Crippen LogP contribution >= 0.6 is 46.4 Å². The van der Waals surface area contributed by atoms with Gasteiger partial charge in [-0.2, -0.15) is 0 Å². The summed E-state index contributed by atoms with van der Waals surface area (Å²) in [6.07, 6.45) is 0. The van der Waals surface area contributed by atoms with Crippen LogP contribution in [0.3, 0.4) is 0 Å². The minimum absolute atomic E-state index is 0.106. The fourth-order valence-corrected chi connectivity index (χ4v) is 3.86. The molecule has 5 nitrogen and oxygen atoms in total. The van der Waals surface area contributed by atoms with Crippen molar-refractivity contribution in [1.82, 2.24) is 4.98 Å². The average molecular weight is 518 g/mol. The van der Waals surface area contributed by atoms with Gasteiger partial charge in [-0.3, -0.25) is 4.79 Å². The average Bonchev–Trinajstić information content (AvgIpc) is 3.44. The molecule has 5 rings (SSSR count). The monoisotopic (exact) mass is 516 g/mol. The van der Waals surface area contributed by atoms with Crippen LogP contribution in [0.2, 0.25) is 20.1 Å². The van der Waals surface area contributed by atoms with Crippen LogP contribution in [0.5, 0.6) is 0 Å². The molecule has 0 aliphatic carbocycles. The van der Waals surface area contributed by atoms with Crippen molar-refractivity contribution in [2.75, 3.05) is 5.32 Å². The number of hydrogen-bond acceptors (Lipinski definition) is 4. The quantitative estimate of drug-likeness (QED) is 0.259. The van der Waals surface area contributed by atoms with Gasteiger partial charge < -0.3 is 14.2 Å². The number of nitrogens with one attached hydrogen (secondary N) is 1. The number of aromatic nitrogens is 1. The number of nitrogens with zero attached hydrogens (tertiary/aromatic N) is 1. The molecular weight excluding hydrogens is 506 g/mol. The van der Waals surface area contributed by atoms with Crippen LogP contribution in [0.1, 0.15) is 10.6 Å². The largest absolute Gasteiger partial charge is 0.451 e. The highest BCUT2D eigenvalue weighted by Crippen LogP contribution is 2.33. The molecule has 2 heterocycles. The maximum Gasteiger partial charge on any atom is 0.291 e. The van der Waals surface area contributed by atoms with E-state index in [1.54, 1.807) is 66.7 Å². The summed E-state index contributed by atoms with van der Waals surface area (Å²) in [5, 5.41) is 4.49. The number of furan rings is 1. The third-order valence-corrected chi connectivity index (χ3v) is 6.15. The zero-order valence-corrected chi connectivity index (χ0v) is 19.6. The van der Waals surface area contributed by atoms with Gasteiger partial charge in [0.05, 0.1) is 20.8 Å². The van der Waals surface area contributed by atoms with Crippen molar-refractivity contribution in [2.45, 2.75) is 0 Å². The zero-order valence-electron chi connectivity index (χ0n) is 16.5. The first-order valence-electron chi connectivity index (χ1n) is 9.60. The van der Waals surface area contributed by atoms with E-state index in [9.17, 15) is 4.79 Å². The maximum atomic E-state index is 12.8. The smallest absolute Gasteiger partial charge is 0.291 e. The molecule has 2 aromatic heterocycles. The number of anilines is 1. The van der Waals surface area contributed by atoms with E-state index in [4.69, 9.17) is 55.2 Å². The predicted octanol–water partition coefficient (Wildman–Crippen LogP) is 8.62. The molecule has 0 aliphatic heterocycles. The summed E-state index contributed by atoms with van der Waals surface area (Å²) in [5.74, 6) is 0.488. The fraction of sp³-hybridized carbons (Fsp3) is 0. The molecule has 5 aromatic rings. The van der Waals surface area contributed by atoms with Crippen LogP contribution in [0.25, 0.3) is 33.9 Å². The summed E-state index contributed by atoms with van der Waals surface area (Å²) in [7, 11) is 0. The van der Waals surface area contributed by atoms with Crippen molar-refractivity contribution in [3.8, 4) is 22.8 Å². The van der Waals surface area contributed by atoms with Gasteiger partial charge in [-0.05, 0) is 66.7 Å². The number of hydrogen-bond donors (Lipinski definition) is 1.